The molecule has 4 N–H and O–H groups in total. The summed E-state index contributed by atoms with van der Waals surface area (Å²) in [4.78, 5) is 62.6. The Morgan fingerprint density at radius 3 is 2.37 bits per heavy atom. The molecule has 0 aliphatic carbocycles. The van der Waals surface area contributed by atoms with Crippen LogP contribution in [0, 0.1) is 5.92 Å². The van der Waals surface area contributed by atoms with Gasteiger partial charge in [-0.15, -0.1) is 22.7 Å². The largest absolute Gasteiger partial charge is 0.478 e. The molecule has 5 rings (SSSR count). The topological polar surface area (TPSA) is 154 Å². The number of rotatable bonds is 6. The first kappa shape index (κ1) is 32.9. The van der Waals surface area contributed by atoms with Crippen molar-refractivity contribution in [2.75, 3.05) is 19.6 Å². The van der Waals surface area contributed by atoms with E-state index < -0.39 is 18.1 Å². The molecule has 46 heavy (non-hydrogen) atoms. The number of thiazole rings is 2. The normalized spacial score (nSPS) is 18.5. The Morgan fingerprint density at radius 1 is 0.935 bits per heavy atom. The lowest BCUT2D eigenvalue weighted by Crippen LogP contribution is -2.40. The molecular formula is C33H36N6O5S2. The number of nitrogens with one attached hydrogen (secondary N) is 3. The number of aromatic carboxylic acids is 1. The van der Waals surface area contributed by atoms with Crippen molar-refractivity contribution in [2.45, 2.75) is 45.3 Å². The molecule has 240 valence electrons. The predicted octanol–water partition coefficient (Wildman–Crippen LogP) is 4.46. The number of aromatic nitrogens is 2. The van der Waals surface area contributed by atoms with Gasteiger partial charge >= 0.3 is 5.97 Å². The highest BCUT2D eigenvalue weighted by Crippen LogP contribution is 2.27. The summed E-state index contributed by atoms with van der Waals surface area (Å²) in [7, 11) is 0. The summed E-state index contributed by atoms with van der Waals surface area (Å²) in [6.07, 6.45) is 1.02. The van der Waals surface area contributed by atoms with E-state index in [-0.39, 0.29) is 47.1 Å². The minimum absolute atomic E-state index is 0.00511. The van der Waals surface area contributed by atoms with Crippen molar-refractivity contribution >= 4 is 46.4 Å². The summed E-state index contributed by atoms with van der Waals surface area (Å²) in [5, 5.41) is 23.2. The van der Waals surface area contributed by atoms with Crippen LogP contribution in [0.4, 0.5) is 0 Å². The molecule has 0 spiro atoms. The van der Waals surface area contributed by atoms with Gasteiger partial charge < -0.3 is 21.1 Å². The first-order chi connectivity index (χ1) is 22.2. The number of carboxylic acid groups (broad SMARTS) is 1. The van der Waals surface area contributed by atoms with Gasteiger partial charge in [0.1, 0.15) is 21.4 Å². The molecule has 0 radical (unpaired) electrons. The van der Waals surface area contributed by atoms with E-state index in [0.29, 0.717) is 42.5 Å². The average Bonchev–Trinajstić information content (AvgIpc) is 3.73. The van der Waals surface area contributed by atoms with Crippen LogP contribution < -0.4 is 16.0 Å². The van der Waals surface area contributed by atoms with Crippen molar-refractivity contribution in [1.29, 1.82) is 0 Å². The first-order valence-electron chi connectivity index (χ1n) is 15.0. The minimum atomic E-state index is -1.03. The zero-order chi connectivity index (χ0) is 32.6. The van der Waals surface area contributed by atoms with Crippen molar-refractivity contribution in [3.8, 4) is 0 Å². The number of carbonyl (C=O) groups is 4. The second-order valence-corrected chi connectivity index (χ2v) is 13.3. The molecule has 1 aliphatic rings. The van der Waals surface area contributed by atoms with Gasteiger partial charge in [0.15, 0.2) is 0 Å². The van der Waals surface area contributed by atoms with Gasteiger partial charge in [0.05, 0.1) is 24.2 Å². The summed E-state index contributed by atoms with van der Waals surface area (Å²) in [6, 6.07) is 15.5. The number of nitrogens with zero attached hydrogens (tertiary/aromatic N) is 3. The maximum atomic E-state index is 13.6. The van der Waals surface area contributed by atoms with E-state index >= 15 is 0 Å². The summed E-state index contributed by atoms with van der Waals surface area (Å²) in [5.41, 5.74) is 2.44. The van der Waals surface area contributed by atoms with Crippen LogP contribution in [0.2, 0.25) is 0 Å². The second kappa shape index (κ2) is 15.2. The lowest BCUT2D eigenvalue weighted by atomic mass is 10.0. The van der Waals surface area contributed by atoms with Gasteiger partial charge in [-0.25, -0.2) is 14.8 Å². The minimum Gasteiger partial charge on any atom is -0.478 e. The molecule has 4 aromatic rings. The fraction of sp³-hybridized carbons (Fsp3) is 0.333. The van der Waals surface area contributed by atoms with E-state index in [1.807, 2.05) is 55.1 Å². The summed E-state index contributed by atoms with van der Waals surface area (Å²) >= 11 is 2.63. The molecule has 0 fully saturated rings. The van der Waals surface area contributed by atoms with Crippen LogP contribution in [-0.4, -0.2) is 63.3 Å². The SMILES string of the molecule is CC(C)[C@@H]1NC(=O)c2csc(n2)[C@H](Cc2ccccc2)NC(=O)CN(Cc2cccc(C(=O)O)c2)CCCNC(=O)c2csc1n2. The number of carboxylic acids is 1. The maximum Gasteiger partial charge on any atom is 0.335 e. The van der Waals surface area contributed by atoms with E-state index in [9.17, 15) is 24.3 Å². The quantitative estimate of drug-likeness (QED) is 0.237. The molecule has 1 aliphatic heterocycles. The smallest absolute Gasteiger partial charge is 0.335 e. The Morgan fingerprint density at radius 2 is 1.63 bits per heavy atom. The number of fused-ring (bicyclic) bond motifs is 4. The molecule has 2 aromatic carbocycles. The number of hydrogen-bond donors (Lipinski definition) is 4. The van der Waals surface area contributed by atoms with Gasteiger partial charge in [-0.3, -0.25) is 19.3 Å². The molecule has 0 saturated carbocycles. The molecule has 2 aromatic heterocycles. The molecule has 0 saturated heterocycles. The molecule has 4 bridgehead atoms. The van der Waals surface area contributed by atoms with Crippen molar-refractivity contribution in [1.82, 2.24) is 30.8 Å². The highest BCUT2D eigenvalue weighted by Gasteiger charge is 2.27. The Bertz CT molecular complexity index is 1690. The highest BCUT2D eigenvalue weighted by molar-refractivity contribution is 7.10. The van der Waals surface area contributed by atoms with Crippen LogP contribution in [0.25, 0.3) is 0 Å². The Balaban J connectivity index is 1.45. The number of amides is 3. The van der Waals surface area contributed by atoms with Crippen molar-refractivity contribution < 1.29 is 24.3 Å². The monoisotopic (exact) mass is 660 g/mol. The average molecular weight is 661 g/mol. The second-order valence-electron chi connectivity index (χ2n) is 11.5. The number of hydrogen-bond acceptors (Lipinski definition) is 9. The van der Waals surface area contributed by atoms with Crippen LogP contribution in [0.5, 0.6) is 0 Å². The fourth-order valence-corrected chi connectivity index (χ4v) is 7.05. The third-order valence-corrected chi connectivity index (χ3v) is 9.41. The van der Waals surface area contributed by atoms with Crippen LogP contribution in [0.3, 0.4) is 0 Å². The van der Waals surface area contributed by atoms with Gasteiger partial charge in [-0.2, -0.15) is 0 Å². The van der Waals surface area contributed by atoms with Crippen LogP contribution in [0.1, 0.15) is 84.8 Å². The van der Waals surface area contributed by atoms with E-state index in [1.165, 1.54) is 28.7 Å². The molecule has 11 nitrogen and oxygen atoms in total. The van der Waals surface area contributed by atoms with Crippen LogP contribution >= 0.6 is 22.7 Å². The van der Waals surface area contributed by atoms with E-state index in [2.05, 4.69) is 25.9 Å². The van der Waals surface area contributed by atoms with Gasteiger partial charge in [0.2, 0.25) is 5.91 Å². The zero-order valence-electron chi connectivity index (χ0n) is 25.6. The standard InChI is InChI=1S/C33H36N6O5S2/c1-20(2)28-32-37-25(18-46-32)29(41)34-12-7-13-39(16-22-10-6-11-23(14-22)33(43)44)17-27(40)35-24(15-21-8-4-3-5-9-21)31-36-26(19-45-31)30(42)38-28/h3-6,8-11,14,18-20,24,28H,7,12-13,15-17H2,1-2H3,(H,34,41)(H,35,40)(H,38,42)(H,43,44)/t24-,28-/m0/s1. The zero-order valence-corrected chi connectivity index (χ0v) is 27.2. The van der Waals surface area contributed by atoms with E-state index in [0.717, 1.165) is 11.1 Å². The van der Waals surface area contributed by atoms with Gasteiger partial charge in [0, 0.05) is 30.4 Å². The summed E-state index contributed by atoms with van der Waals surface area (Å²) < 4.78 is 0. The number of benzene rings is 2. The van der Waals surface area contributed by atoms with Crippen molar-refractivity contribution in [3.63, 3.8) is 0 Å². The van der Waals surface area contributed by atoms with Gasteiger partial charge in [0.25, 0.3) is 11.8 Å². The lowest BCUT2D eigenvalue weighted by molar-refractivity contribution is -0.123. The first-order valence-corrected chi connectivity index (χ1v) is 16.8. The molecule has 13 heteroatoms. The molecular weight excluding hydrogens is 625 g/mol. The Kier molecular flexibility index (Phi) is 10.9. The van der Waals surface area contributed by atoms with E-state index in [4.69, 9.17) is 0 Å². The molecule has 3 heterocycles. The van der Waals surface area contributed by atoms with E-state index in [1.54, 1.807) is 22.9 Å². The fourth-order valence-electron chi connectivity index (χ4n) is 5.18. The summed E-state index contributed by atoms with van der Waals surface area (Å²) in [6.45, 7) is 5.12. The maximum absolute atomic E-state index is 13.6. The van der Waals surface area contributed by atoms with Crippen LogP contribution in [0.15, 0.2) is 65.4 Å². The van der Waals surface area contributed by atoms with Gasteiger partial charge in [-0.05, 0) is 42.0 Å². The van der Waals surface area contributed by atoms with Gasteiger partial charge in [-0.1, -0.05) is 56.3 Å². The lowest BCUT2D eigenvalue weighted by Gasteiger charge is -2.24. The van der Waals surface area contributed by atoms with Crippen molar-refractivity contribution in [3.05, 3.63) is 103 Å². The molecule has 2 atom stereocenters. The molecule has 0 unspecified atom stereocenters. The third kappa shape index (κ3) is 8.62. The van der Waals surface area contributed by atoms with Crippen molar-refractivity contribution in [2.24, 2.45) is 5.92 Å². The Labute approximate surface area is 275 Å². The molecule has 3 amide bonds. The summed E-state index contributed by atoms with van der Waals surface area (Å²) in [5.74, 6) is -1.94. The predicted molar refractivity (Wildman–Crippen MR) is 176 cm³/mol. The highest BCUT2D eigenvalue weighted by atomic mass is 32.1. The van der Waals surface area contributed by atoms with Crippen LogP contribution in [-0.2, 0) is 17.8 Å². The number of carbonyl (C=O) groups excluding carboxylic acids is 3. The Hall–Kier alpha value is -4.46. The third-order valence-electron chi connectivity index (χ3n) is 7.53.